The third-order valence-corrected chi connectivity index (χ3v) is 6.97. The van der Waals surface area contributed by atoms with Gasteiger partial charge in [-0.1, -0.05) is 42.5 Å². The lowest BCUT2D eigenvalue weighted by molar-refractivity contribution is -0.147. The topological polar surface area (TPSA) is 41.1 Å². The van der Waals surface area contributed by atoms with Crippen LogP contribution in [0.1, 0.15) is 40.5 Å². The molecule has 0 saturated carbocycles. The molecular formula is C29H29F5N2O. The van der Waals surface area contributed by atoms with Gasteiger partial charge in [0, 0.05) is 25.1 Å². The highest BCUT2D eigenvalue weighted by Gasteiger charge is 2.38. The lowest BCUT2D eigenvalue weighted by atomic mass is 9.75. The summed E-state index contributed by atoms with van der Waals surface area (Å²) in [5.74, 6) is -6.82. The van der Waals surface area contributed by atoms with Crippen molar-refractivity contribution in [3.05, 3.63) is 94.6 Å². The Balaban J connectivity index is 1.56. The summed E-state index contributed by atoms with van der Waals surface area (Å²) in [5.41, 5.74) is 5.44. The molecule has 37 heavy (non-hydrogen) atoms. The van der Waals surface area contributed by atoms with Crippen LogP contribution in [0.3, 0.4) is 0 Å². The molecule has 1 fully saturated rings. The molecule has 3 aromatic rings. The Morgan fingerprint density at radius 2 is 1.76 bits per heavy atom. The first kappa shape index (κ1) is 26.8. The highest BCUT2D eigenvalue weighted by molar-refractivity contribution is 5.83. The molecule has 0 aliphatic carbocycles. The van der Waals surface area contributed by atoms with E-state index >= 15 is 0 Å². The van der Waals surface area contributed by atoms with Crippen molar-refractivity contribution < 1.29 is 26.7 Å². The van der Waals surface area contributed by atoms with E-state index in [9.17, 15) is 26.7 Å². The van der Waals surface area contributed by atoms with Crippen molar-refractivity contribution >= 4 is 5.91 Å². The van der Waals surface area contributed by atoms with Gasteiger partial charge in [0.2, 0.25) is 0 Å². The first-order valence-electron chi connectivity index (χ1n) is 12.3. The van der Waals surface area contributed by atoms with E-state index in [4.69, 9.17) is 0 Å². The molecule has 0 spiro atoms. The minimum absolute atomic E-state index is 0.0330. The summed E-state index contributed by atoms with van der Waals surface area (Å²) in [5, 5.41) is 5.50. The van der Waals surface area contributed by atoms with Gasteiger partial charge in [0.05, 0.1) is 0 Å². The molecule has 4 rings (SSSR count). The van der Waals surface area contributed by atoms with Gasteiger partial charge < -0.3 is 10.6 Å². The Morgan fingerprint density at radius 3 is 2.46 bits per heavy atom. The number of halogens is 5. The van der Waals surface area contributed by atoms with Gasteiger partial charge in [-0.2, -0.15) is 8.78 Å². The first-order chi connectivity index (χ1) is 17.7. The summed E-state index contributed by atoms with van der Waals surface area (Å²) in [6, 6.07) is 17.2. The van der Waals surface area contributed by atoms with Gasteiger partial charge in [-0.05, 0) is 77.7 Å². The van der Waals surface area contributed by atoms with Gasteiger partial charge in [-0.15, -0.1) is 0 Å². The fourth-order valence-corrected chi connectivity index (χ4v) is 5.15. The number of aryl methyl sites for hydroxylation is 1. The number of alkyl halides is 3. The van der Waals surface area contributed by atoms with Crippen LogP contribution >= 0.6 is 0 Å². The molecule has 0 radical (unpaired) electrons. The summed E-state index contributed by atoms with van der Waals surface area (Å²) in [6.45, 7) is 1.35. The lowest BCUT2D eigenvalue weighted by Crippen LogP contribution is -2.42. The van der Waals surface area contributed by atoms with E-state index < -0.39 is 30.1 Å². The summed E-state index contributed by atoms with van der Waals surface area (Å²) < 4.78 is 66.7. The van der Waals surface area contributed by atoms with E-state index in [-0.39, 0.29) is 18.4 Å². The minimum Gasteiger partial charge on any atom is -0.350 e. The lowest BCUT2D eigenvalue weighted by Gasteiger charge is -2.34. The van der Waals surface area contributed by atoms with E-state index in [1.54, 1.807) is 0 Å². The van der Waals surface area contributed by atoms with Crippen molar-refractivity contribution in [2.24, 2.45) is 0 Å². The van der Waals surface area contributed by atoms with Crippen LogP contribution in [0.25, 0.3) is 11.1 Å². The molecule has 1 aliphatic rings. The van der Waals surface area contributed by atoms with Crippen LogP contribution in [0, 0.1) is 18.6 Å². The maximum absolute atomic E-state index is 13.9. The molecule has 0 aromatic heterocycles. The Hall–Kier alpha value is -3.26. The molecule has 8 heteroatoms. The zero-order valence-corrected chi connectivity index (χ0v) is 20.5. The Bertz CT molecular complexity index is 1240. The molecule has 2 N–H and O–H groups in total. The molecule has 2 atom stereocenters. The second kappa shape index (κ2) is 11.4. The number of benzene rings is 3. The first-order valence-corrected chi connectivity index (χ1v) is 12.3. The second-order valence-corrected chi connectivity index (χ2v) is 9.48. The van der Waals surface area contributed by atoms with Crippen molar-refractivity contribution in [3.8, 4) is 11.1 Å². The van der Waals surface area contributed by atoms with Crippen molar-refractivity contribution in [2.75, 3.05) is 26.3 Å². The summed E-state index contributed by atoms with van der Waals surface area (Å²) in [6.07, 6.45) is 1.05. The monoisotopic (exact) mass is 516 g/mol. The van der Waals surface area contributed by atoms with Gasteiger partial charge in [0.15, 0.2) is 6.67 Å². The maximum Gasteiger partial charge on any atom is 0.352 e. The van der Waals surface area contributed by atoms with Crippen LogP contribution in [0.5, 0.6) is 0 Å². The fourth-order valence-electron chi connectivity index (χ4n) is 5.15. The molecule has 3 aromatic carbocycles. The Labute approximate surface area is 213 Å². The second-order valence-electron chi connectivity index (χ2n) is 9.48. The van der Waals surface area contributed by atoms with Crippen LogP contribution in [0.4, 0.5) is 22.0 Å². The Morgan fingerprint density at radius 1 is 1.03 bits per heavy atom. The molecule has 1 aliphatic heterocycles. The number of amides is 1. The SMILES string of the molecule is Cc1cc(-c2ccccc2CCNC(=O)C(F)(F)CF)ccc1[C@H]1CNCC[C@@H]1c1cc(F)cc(F)c1. The smallest absolute Gasteiger partial charge is 0.350 e. The third kappa shape index (κ3) is 6.18. The average molecular weight is 517 g/mol. The summed E-state index contributed by atoms with van der Waals surface area (Å²) in [4.78, 5) is 11.5. The van der Waals surface area contributed by atoms with Gasteiger partial charge in [0.25, 0.3) is 5.91 Å². The molecule has 1 amide bonds. The zero-order valence-electron chi connectivity index (χ0n) is 20.5. The third-order valence-electron chi connectivity index (χ3n) is 6.97. The molecule has 1 heterocycles. The predicted molar refractivity (Wildman–Crippen MR) is 134 cm³/mol. The summed E-state index contributed by atoms with van der Waals surface area (Å²) in [7, 11) is 0. The van der Waals surface area contributed by atoms with Crippen LogP contribution in [-0.4, -0.2) is 38.1 Å². The minimum atomic E-state index is -4.03. The quantitative estimate of drug-likeness (QED) is 0.357. The predicted octanol–water partition coefficient (Wildman–Crippen LogP) is 6.06. The van der Waals surface area contributed by atoms with Gasteiger partial charge >= 0.3 is 5.92 Å². The number of rotatable bonds is 8. The molecule has 0 unspecified atom stereocenters. The molecule has 196 valence electrons. The maximum atomic E-state index is 13.9. The van der Waals surface area contributed by atoms with E-state index in [0.717, 1.165) is 46.8 Å². The van der Waals surface area contributed by atoms with Crippen LogP contribution in [0.15, 0.2) is 60.7 Å². The summed E-state index contributed by atoms with van der Waals surface area (Å²) >= 11 is 0. The zero-order chi connectivity index (χ0) is 26.6. The van der Waals surface area contributed by atoms with Crippen molar-refractivity contribution in [1.82, 2.24) is 10.6 Å². The van der Waals surface area contributed by atoms with Crippen LogP contribution < -0.4 is 10.6 Å². The van der Waals surface area contributed by atoms with E-state index in [2.05, 4.69) is 10.6 Å². The Kier molecular flexibility index (Phi) is 8.27. The standard InChI is InChI=1S/C29H29F5N2O/c1-18-12-20(25-5-3-2-4-19(25)8-11-36-28(37)29(33,34)17-30)6-7-24(18)27-16-35-10-9-26(27)21-13-22(31)15-23(32)14-21/h2-7,12-15,26-27,35H,8-11,16-17H2,1H3,(H,36,37)/t26-,27-/m1/s1. The normalized spacial score (nSPS) is 18.0. The fraction of sp³-hybridized carbons (Fsp3) is 0.345. The average Bonchev–Trinajstić information content (AvgIpc) is 2.88. The molecule has 3 nitrogen and oxygen atoms in total. The van der Waals surface area contributed by atoms with E-state index in [0.29, 0.717) is 18.5 Å². The largest absolute Gasteiger partial charge is 0.352 e. The highest BCUT2D eigenvalue weighted by Crippen LogP contribution is 2.40. The van der Waals surface area contributed by atoms with Gasteiger partial charge in [0.1, 0.15) is 11.6 Å². The number of carbonyl (C=O) groups is 1. The van der Waals surface area contributed by atoms with Gasteiger partial charge in [-0.3, -0.25) is 4.79 Å². The highest BCUT2D eigenvalue weighted by atomic mass is 19.3. The van der Waals surface area contributed by atoms with Crippen LogP contribution in [-0.2, 0) is 11.2 Å². The van der Waals surface area contributed by atoms with Crippen molar-refractivity contribution in [3.63, 3.8) is 0 Å². The van der Waals surface area contributed by atoms with E-state index in [1.807, 2.05) is 49.4 Å². The van der Waals surface area contributed by atoms with Crippen molar-refractivity contribution in [2.45, 2.75) is 37.5 Å². The number of carbonyl (C=O) groups excluding carboxylic acids is 1. The van der Waals surface area contributed by atoms with Crippen molar-refractivity contribution in [1.29, 1.82) is 0 Å². The molecule has 1 saturated heterocycles. The molecule has 0 bridgehead atoms. The number of hydrogen-bond acceptors (Lipinski definition) is 2. The number of hydrogen-bond donors (Lipinski definition) is 2. The molecular weight excluding hydrogens is 487 g/mol. The van der Waals surface area contributed by atoms with Gasteiger partial charge in [-0.25, -0.2) is 13.2 Å². The number of nitrogens with one attached hydrogen (secondary N) is 2. The number of piperidine rings is 1. The van der Waals surface area contributed by atoms with E-state index in [1.165, 1.54) is 12.1 Å². The van der Waals surface area contributed by atoms with Crippen LogP contribution in [0.2, 0.25) is 0 Å².